The topological polar surface area (TPSA) is 23.8 Å². The Morgan fingerprint density at radius 1 is 1.27 bits per heavy atom. The highest BCUT2D eigenvalue weighted by molar-refractivity contribution is 5.33. The zero-order valence-electron chi connectivity index (χ0n) is 8.85. The maximum absolute atomic E-state index is 13.5. The molecule has 1 rings (SSSR count). The summed E-state index contributed by atoms with van der Waals surface area (Å²) < 4.78 is 26.2. The van der Waals surface area contributed by atoms with Gasteiger partial charge in [0.1, 0.15) is 11.6 Å². The van der Waals surface area contributed by atoms with Gasteiger partial charge in [-0.05, 0) is 18.9 Å². The lowest BCUT2D eigenvalue weighted by atomic mass is 9.77. The average molecular weight is 209 g/mol. The van der Waals surface area contributed by atoms with Gasteiger partial charge in [-0.25, -0.2) is 8.78 Å². The number of hydrogen-bond donors (Lipinski definition) is 0. The summed E-state index contributed by atoms with van der Waals surface area (Å²) in [7, 11) is 0. The molecule has 15 heavy (non-hydrogen) atoms. The van der Waals surface area contributed by atoms with Crippen molar-refractivity contribution in [1.29, 1.82) is 5.26 Å². The van der Waals surface area contributed by atoms with Crippen LogP contribution in [-0.2, 0) is 5.41 Å². The third-order valence-electron chi connectivity index (χ3n) is 2.87. The van der Waals surface area contributed by atoms with Crippen LogP contribution in [0.15, 0.2) is 18.2 Å². The third-order valence-corrected chi connectivity index (χ3v) is 2.87. The van der Waals surface area contributed by atoms with E-state index in [4.69, 9.17) is 5.26 Å². The van der Waals surface area contributed by atoms with Crippen LogP contribution < -0.4 is 0 Å². The van der Waals surface area contributed by atoms with Crippen LogP contribution in [-0.4, -0.2) is 0 Å². The van der Waals surface area contributed by atoms with Crippen molar-refractivity contribution in [2.24, 2.45) is 0 Å². The minimum Gasteiger partial charge on any atom is -0.207 e. The smallest absolute Gasteiger partial charge is 0.130 e. The first-order valence-corrected chi connectivity index (χ1v) is 4.96. The largest absolute Gasteiger partial charge is 0.207 e. The van der Waals surface area contributed by atoms with Crippen molar-refractivity contribution in [2.45, 2.75) is 32.1 Å². The Labute approximate surface area is 88.3 Å². The molecule has 0 saturated carbocycles. The number of benzene rings is 1. The molecule has 0 radical (unpaired) electrons. The van der Waals surface area contributed by atoms with Gasteiger partial charge in [0.05, 0.1) is 11.5 Å². The van der Waals surface area contributed by atoms with Gasteiger partial charge in [-0.15, -0.1) is 0 Å². The van der Waals surface area contributed by atoms with Crippen molar-refractivity contribution >= 4 is 0 Å². The summed E-state index contributed by atoms with van der Waals surface area (Å²) in [4.78, 5) is 0. The molecule has 1 aromatic carbocycles. The molecule has 0 aliphatic carbocycles. The second-order valence-corrected chi connectivity index (χ2v) is 3.53. The molecule has 0 unspecified atom stereocenters. The fourth-order valence-electron chi connectivity index (χ4n) is 1.73. The fourth-order valence-corrected chi connectivity index (χ4v) is 1.73. The summed E-state index contributed by atoms with van der Waals surface area (Å²) >= 11 is 0. The lowest BCUT2D eigenvalue weighted by molar-refractivity contribution is 0.469. The molecule has 0 atom stereocenters. The summed E-state index contributed by atoms with van der Waals surface area (Å²) in [6.07, 6.45) is 1.03. The number of rotatable bonds is 3. The second-order valence-electron chi connectivity index (χ2n) is 3.53. The molecule has 0 heterocycles. The van der Waals surface area contributed by atoms with Gasteiger partial charge in [-0.3, -0.25) is 0 Å². The van der Waals surface area contributed by atoms with E-state index in [1.54, 1.807) is 0 Å². The van der Waals surface area contributed by atoms with Crippen LogP contribution in [0.1, 0.15) is 32.3 Å². The lowest BCUT2D eigenvalue weighted by Gasteiger charge is -2.24. The first-order chi connectivity index (χ1) is 7.09. The predicted octanol–water partition coefficient (Wildman–Crippen LogP) is 3.55. The van der Waals surface area contributed by atoms with Crippen molar-refractivity contribution in [3.63, 3.8) is 0 Å². The average Bonchev–Trinajstić information content (AvgIpc) is 2.23. The van der Waals surface area contributed by atoms with E-state index in [9.17, 15) is 8.78 Å². The molecule has 0 aliphatic heterocycles. The van der Waals surface area contributed by atoms with Crippen molar-refractivity contribution < 1.29 is 8.78 Å². The first-order valence-electron chi connectivity index (χ1n) is 4.96. The second kappa shape index (κ2) is 4.39. The van der Waals surface area contributed by atoms with Crippen LogP contribution in [0.25, 0.3) is 0 Å². The molecular formula is C12H13F2N. The van der Waals surface area contributed by atoms with Crippen LogP contribution in [0.4, 0.5) is 8.78 Å². The Balaban J connectivity index is 3.31. The molecule has 0 bridgehead atoms. The van der Waals surface area contributed by atoms with E-state index < -0.39 is 17.0 Å². The summed E-state index contributed by atoms with van der Waals surface area (Å²) in [5.41, 5.74) is -0.547. The van der Waals surface area contributed by atoms with Gasteiger partial charge < -0.3 is 0 Å². The lowest BCUT2D eigenvalue weighted by Crippen LogP contribution is -2.23. The predicted molar refractivity (Wildman–Crippen MR) is 54.2 cm³/mol. The minimum atomic E-state index is -0.836. The molecule has 0 fully saturated rings. The molecular weight excluding hydrogens is 196 g/mol. The highest BCUT2D eigenvalue weighted by atomic mass is 19.1. The standard InChI is InChI=1S/C12H13F2N/c1-3-12(4-2,8-15)10-6-5-9(13)7-11(10)14/h5-7H,3-4H2,1-2H3. The molecule has 0 spiro atoms. The molecule has 0 saturated heterocycles. The molecule has 3 heteroatoms. The van der Waals surface area contributed by atoms with Crippen molar-refractivity contribution in [3.05, 3.63) is 35.4 Å². The zero-order valence-corrected chi connectivity index (χ0v) is 8.85. The number of hydrogen-bond acceptors (Lipinski definition) is 1. The Morgan fingerprint density at radius 2 is 1.87 bits per heavy atom. The van der Waals surface area contributed by atoms with E-state index in [0.29, 0.717) is 12.8 Å². The van der Waals surface area contributed by atoms with Crippen LogP contribution in [0.3, 0.4) is 0 Å². The van der Waals surface area contributed by atoms with Crippen molar-refractivity contribution in [3.8, 4) is 6.07 Å². The monoisotopic (exact) mass is 209 g/mol. The van der Waals surface area contributed by atoms with E-state index in [1.165, 1.54) is 12.1 Å². The maximum atomic E-state index is 13.5. The molecule has 1 aromatic rings. The molecule has 0 aliphatic rings. The van der Waals surface area contributed by atoms with Crippen LogP contribution in [0.2, 0.25) is 0 Å². The Hall–Kier alpha value is -1.43. The van der Waals surface area contributed by atoms with E-state index >= 15 is 0 Å². The van der Waals surface area contributed by atoms with Crippen LogP contribution in [0.5, 0.6) is 0 Å². The van der Waals surface area contributed by atoms with Gasteiger partial charge in [-0.2, -0.15) is 5.26 Å². The van der Waals surface area contributed by atoms with Crippen molar-refractivity contribution in [2.75, 3.05) is 0 Å². The van der Waals surface area contributed by atoms with Gasteiger partial charge in [0, 0.05) is 11.6 Å². The molecule has 1 nitrogen and oxygen atoms in total. The summed E-state index contributed by atoms with van der Waals surface area (Å²) in [6, 6.07) is 5.51. The quantitative estimate of drug-likeness (QED) is 0.746. The summed E-state index contributed by atoms with van der Waals surface area (Å²) in [5.74, 6) is -1.25. The summed E-state index contributed by atoms with van der Waals surface area (Å²) in [6.45, 7) is 3.66. The van der Waals surface area contributed by atoms with Gasteiger partial charge in [0.2, 0.25) is 0 Å². The maximum Gasteiger partial charge on any atom is 0.130 e. The molecule has 0 amide bonds. The minimum absolute atomic E-state index is 0.288. The highest BCUT2D eigenvalue weighted by Gasteiger charge is 2.31. The first kappa shape index (κ1) is 11.6. The van der Waals surface area contributed by atoms with E-state index in [1.807, 2.05) is 13.8 Å². The van der Waals surface area contributed by atoms with Gasteiger partial charge in [-0.1, -0.05) is 19.9 Å². The Bertz CT molecular complexity index is 389. The van der Waals surface area contributed by atoms with Crippen molar-refractivity contribution in [1.82, 2.24) is 0 Å². The number of halogens is 2. The van der Waals surface area contributed by atoms with E-state index in [2.05, 4.69) is 6.07 Å². The van der Waals surface area contributed by atoms with Gasteiger partial charge in [0.25, 0.3) is 0 Å². The van der Waals surface area contributed by atoms with E-state index in [0.717, 1.165) is 6.07 Å². The Kier molecular flexibility index (Phi) is 3.41. The molecule has 0 aromatic heterocycles. The Morgan fingerprint density at radius 3 is 2.27 bits per heavy atom. The highest BCUT2D eigenvalue weighted by Crippen LogP contribution is 2.32. The molecule has 0 N–H and O–H groups in total. The number of nitrogens with zero attached hydrogens (tertiary/aromatic N) is 1. The van der Waals surface area contributed by atoms with E-state index in [-0.39, 0.29) is 5.56 Å². The van der Waals surface area contributed by atoms with Gasteiger partial charge in [0.15, 0.2) is 0 Å². The third kappa shape index (κ3) is 1.99. The summed E-state index contributed by atoms with van der Waals surface area (Å²) in [5, 5.41) is 9.11. The van der Waals surface area contributed by atoms with Crippen LogP contribution in [0, 0.1) is 23.0 Å². The zero-order chi connectivity index (χ0) is 11.5. The number of nitriles is 1. The SMILES string of the molecule is CCC(C#N)(CC)c1ccc(F)cc1F. The van der Waals surface area contributed by atoms with Gasteiger partial charge >= 0.3 is 0 Å². The fraction of sp³-hybridized carbons (Fsp3) is 0.417. The van der Waals surface area contributed by atoms with Crippen LogP contribution >= 0.6 is 0 Å². The normalized spacial score (nSPS) is 11.1. The molecule has 80 valence electrons.